The van der Waals surface area contributed by atoms with Crippen molar-refractivity contribution in [2.45, 2.75) is 38.6 Å². The predicted molar refractivity (Wildman–Crippen MR) is 154 cm³/mol. The zero-order chi connectivity index (χ0) is 30.4. The Hall–Kier alpha value is -4.38. The van der Waals surface area contributed by atoms with Crippen molar-refractivity contribution in [2.75, 3.05) is 26.7 Å². The number of pyridine rings is 1. The molecule has 6 rings (SSSR count). The van der Waals surface area contributed by atoms with Crippen molar-refractivity contribution in [2.24, 2.45) is 5.92 Å². The fourth-order valence-electron chi connectivity index (χ4n) is 5.87. The first-order valence-electron chi connectivity index (χ1n) is 14.1. The van der Waals surface area contributed by atoms with E-state index in [4.69, 9.17) is 16.3 Å². The van der Waals surface area contributed by atoms with Crippen LogP contribution in [0, 0.1) is 11.7 Å². The van der Waals surface area contributed by atoms with E-state index in [1.54, 1.807) is 11.9 Å². The normalized spacial score (nSPS) is 17.6. The standard InChI is InChI=1S/C31H30ClFN4O6/c1-34(31(42)43-17-18-5-3-2-4-6-18)13-14-36-27(20-8-9-20)37-25(29(36)40)21-11-12-35(28(39)24(21)26(38)30(37)41)16-19-7-10-23(33)22(32)15-19/h2-7,10,15,20,27,38H,8-9,11-14,16-17H2,1H3. The number of hydrogen-bond acceptors (Lipinski definition) is 6. The Morgan fingerprint density at radius 2 is 1.84 bits per heavy atom. The van der Waals surface area contributed by atoms with Gasteiger partial charge in [-0.05, 0) is 48.4 Å². The predicted octanol–water partition coefficient (Wildman–Crippen LogP) is 4.18. The van der Waals surface area contributed by atoms with Crippen molar-refractivity contribution >= 4 is 29.5 Å². The zero-order valence-corrected chi connectivity index (χ0v) is 24.2. The van der Waals surface area contributed by atoms with Gasteiger partial charge in [0.1, 0.15) is 24.3 Å². The lowest BCUT2D eigenvalue weighted by molar-refractivity contribution is 0.0614. The maximum atomic E-state index is 13.9. The molecule has 1 saturated carbocycles. The van der Waals surface area contributed by atoms with Gasteiger partial charge in [0.25, 0.3) is 17.4 Å². The molecule has 3 heterocycles. The molecular formula is C31H30ClFN4O6. The van der Waals surface area contributed by atoms with Crippen LogP contribution in [0.1, 0.15) is 56.5 Å². The topological polar surface area (TPSA) is 112 Å². The highest BCUT2D eigenvalue weighted by molar-refractivity contribution is 6.30. The summed E-state index contributed by atoms with van der Waals surface area (Å²) in [5.41, 5.74) is 0.912. The lowest BCUT2D eigenvalue weighted by Crippen LogP contribution is -2.40. The van der Waals surface area contributed by atoms with Crippen LogP contribution >= 0.6 is 11.6 Å². The molecule has 0 saturated heterocycles. The second-order valence-corrected chi connectivity index (χ2v) is 11.6. The van der Waals surface area contributed by atoms with Gasteiger partial charge in [0, 0.05) is 38.8 Å². The number of aromatic nitrogens is 1. The summed E-state index contributed by atoms with van der Waals surface area (Å²) < 4.78 is 20.4. The average molecular weight is 609 g/mol. The Bertz CT molecular complexity index is 1670. The largest absolute Gasteiger partial charge is 0.502 e. The molecule has 2 aromatic carbocycles. The third kappa shape index (κ3) is 5.33. The molecule has 1 N–H and O–H groups in total. The van der Waals surface area contributed by atoms with Crippen LogP contribution in [0.5, 0.6) is 5.75 Å². The molecule has 10 nitrogen and oxygen atoms in total. The summed E-state index contributed by atoms with van der Waals surface area (Å²) in [4.78, 5) is 58.0. The number of carbonyl (C=O) groups is 3. The molecule has 0 spiro atoms. The Morgan fingerprint density at radius 3 is 2.53 bits per heavy atom. The minimum Gasteiger partial charge on any atom is -0.502 e. The number of nitrogens with zero attached hydrogens (tertiary/aromatic N) is 4. The number of benzene rings is 2. The van der Waals surface area contributed by atoms with E-state index in [9.17, 15) is 28.7 Å². The number of halogens is 2. The third-order valence-electron chi connectivity index (χ3n) is 8.26. The van der Waals surface area contributed by atoms with Gasteiger partial charge in [-0.15, -0.1) is 0 Å². The van der Waals surface area contributed by atoms with Crippen LogP contribution in [0.15, 0.2) is 53.3 Å². The molecule has 0 radical (unpaired) electrons. The van der Waals surface area contributed by atoms with E-state index in [1.807, 2.05) is 30.3 Å². The second-order valence-electron chi connectivity index (χ2n) is 11.2. The lowest BCUT2D eigenvalue weighted by Gasteiger charge is -2.30. The fraction of sp³-hybridized carbons (Fsp3) is 0.355. The smallest absolute Gasteiger partial charge is 0.409 e. The van der Waals surface area contributed by atoms with Gasteiger partial charge in [-0.25, -0.2) is 9.18 Å². The van der Waals surface area contributed by atoms with Crippen LogP contribution in [0.3, 0.4) is 0 Å². The number of aromatic hydroxyl groups is 1. The first-order chi connectivity index (χ1) is 20.7. The number of likely N-dealkylation sites (N-methyl/N-ethyl adjacent to an activating group) is 1. The summed E-state index contributed by atoms with van der Waals surface area (Å²) in [5, 5.41) is 11.0. The van der Waals surface area contributed by atoms with Gasteiger partial charge >= 0.3 is 6.09 Å². The molecule has 1 unspecified atom stereocenters. The van der Waals surface area contributed by atoms with E-state index >= 15 is 0 Å². The molecule has 1 aromatic heterocycles. The highest BCUT2D eigenvalue weighted by atomic mass is 35.5. The number of ether oxygens (including phenoxy) is 1. The van der Waals surface area contributed by atoms with Gasteiger partial charge in [-0.2, -0.15) is 0 Å². The summed E-state index contributed by atoms with van der Waals surface area (Å²) in [6, 6.07) is 13.4. The van der Waals surface area contributed by atoms with E-state index in [1.165, 1.54) is 32.6 Å². The van der Waals surface area contributed by atoms with Gasteiger partial charge < -0.3 is 24.5 Å². The summed E-state index contributed by atoms with van der Waals surface area (Å²) in [6.45, 7) is 0.727. The SMILES string of the molecule is CN(CCN1C(=O)c2c3c(c(O)c(=O)n2C1C1CC1)C(=O)N(Cc1ccc(F)c(Cl)c1)CC3)C(=O)OCc1ccccc1. The maximum Gasteiger partial charge on any atom is 0.409 e. The van der Waals surface area contributed by atoms with Gasteiger partial charge in [-0.1, -0.05) is 48.0 Å². The number of fused-ring (bicyclic) bond motifs is 3. The molecule has 1 aliphatic carbocycles. The van der Waals surface area contributed by atoms with E-state index in [0.717, 1.165) is 18.4 Å². The van der Waals surface area contributed by atoms with Crippen LogP contribution in [-0.4, -0.2) is 69.0 Å². The highest BCUT2D eigenvalue weighted by Gasteiger charge is 2.49. The van der Waals surface area contributed by atoms with E-state index in [2.05, 4.69) is 0 Å². The molecule has 1 fully saturated rings. The maximum absolute atomic E-state index is 13.9. The molecule has 43 heavy (non-hydrogen) atoms. The minimum absolute atomic E-state index is 0.0229. The van der Waals surface area contributed by atoms with Crippen molar-refractivity contribution in [3.05, 3.63) is 97.7 Å². The number of rotatable bonds is 8. The van der Waals surface area contributed by atoms with Crippen molar-refractivity contribution in [1.82, 2.24) is 19.3 Å². The summed E-state index contributed by atoms with van der Waals surface area (Å²) in [5.74, 6) is -2.25. The van der Waals surface area contributed by atoms with Gasteiger partial charge in [0.15, 0.2) is 5.75 Å². The molecule has 3 aromatic rings. The molecule has 3 amide bonds. The summed E-state index contributed by atoms with van der Waals surface area (Å²) in [6.07, 6.45) is 0.688. The lowest BCUT2D eigenvalue weighted by atomic mass is 9.95. The van der Waals surface area contributed by atoms with Crippen LogP contribution < -0.4 is 5.56 Å². The van der Waals surface area contributed by atoms with Crippen molar-refractivity contribution in [3.63, 3.8) is 0 Å². The van der Waals surface area contributed by atoms with E-state index in [-0.39, 0.29) is 61.4 Å². The number of amides is 3. The third-order valence-corrected chi connectivity index (χ3v) is 8.55. The van der Waals surface area contributed by atoms with E-state index in [0.29, 0.717) is 11.1 Å². The van der Waals surface area contributed by atoms with Crippen LogP contribution in [-0.2, 0) is 24.3 Å². The van der Waals surface area contributed by atoms with E-state index < -0.39 is 41.2 Å². The Labute approximate surface area is 251 Å². The van der Waals surface area contributed by atoms with Crippen LogP contribution in [0.4, 0.5) is 9.18 Å². The van der Waals surface area contributed by atoms with Crippen molar-refractivity contribution in [1.29, 1.82) is 0 Å². The van der Waals surface area contributed by atoms with Crippen molar-refractivity contribution in [3.8, 4) is 5.75 Å². The first-order valence-corrected chi connectivity index (χ1v) is 14.5. The summed E-state index contributed by atoms with van der Waals surface area (Å²) in [7, 11) is 1.58. The molecule has 12 heteroatoms. The number of hydrogen-bond donors (Lipinski definition) is 1. The number of carbonyl (C=O) groups excluding carboxylic acids is 3. The quantitative estimate of drug-likeness (QED) is 0.411. The van der Waals surface area contributed by atoms with Crippen LogP contribution in [0.2, 0.25) is 5.02 Å². The fourth-order valence-corrected chi connectivity index (χ4v) is 6.07. The molecule has 2 aliphatic heterocycles. The van der Waals surface area contributed by atoms with Gasteiger partial charge in [-0.3, -0.25) is 19.0 Å². The Balaban J connectivity index is 1.23. The Morgan fingerprint density at radius 1 is 1.09 bits per heavy atom. The summed E-state index contributed by atoms with van der Waals surface area (Å²) >= 11 is 5.90. The molecule has 0 bridgehead atoms. The van der Waals surface area contributed by atoms with Gasteiger partial charge in [0.2, 0.25) is 0 Å². The Kier molecular flexibility index (Phi) is 7.59. The average Bonchev–Trinajstić information content (AvgIpc) is 3.80. The highest BCUT2D eigenvalue weighted by Crippen LogP contribution is 2.46. The molecule has 1 atom stereocenters. The molecule has 224 valence electrons. The minimum atomic E-state index is -0.794. The zero-order valence-electron chi connectivity index (χ0n) is 23.5. The first kappa shape index (κ1) is 28.7. The molecule has 3 aliphatic rings. The monoisotopic (exact) mass is 608 g/mol. The second kappa shape index (κ2) is 11.4. The van der Waals surface area contributed by atoms with Crippen LogP contribution in [0.25, 0.3) is 0 Å². The van der Waals surface area contributed by atoms with Gasteiger partial charge in [0.05, 0.1) is 10.6 Å². The molecular weight excluding hydrogens is 579 g/mol. The van der Waals surface area contributed by atoms with Crippen molar-refractivity contribution < 1.29 is 28.6 Å².